The molecule has 0 radical (unpaired) electrons. The minimum Gasteiger partial charge on any atom is -0.352 e. The Balaban J connectivity index is 2.27. The molecule has 0 fully saturated rings. The maximum atomic E-state index is 11.5. The van der Waals surface area contributed by atoms with E-state index in [0.29, 0.717) is 19.5 Å². The number of carbonyl (C=O) groups excluding carboxylic acids is 1. The number of rotatable bonds is 9. The van der Waals surface area contributed by atoms with Crippen molar-refractivity contribution in [2.75, 3.05) is 6.54 Å². The van der Waals surface area contributed by atoms with Crippen molar-refractivity contribution in [3.63, 3.8) is 0 Å². The number of aryl methyl sites for hydroxylation is 1. The summed E-state index contributed by atoms with van der Waals surface area (Å²) in [6.45, 7) is 3.48. The molecule has 0 spiro atoms. The van der Waals surface area contributed by atoms with E-state index in [4.69, 9.17) is 5.73 Å². The molecular formula is C16H26N2O. The molecule has 0 unspecified atom stereocenters. The van der Waals surface area contributed by atoms with Crippen molar-refractivity contribution < 1.29 is 4.79 Å². The summed E-state index contributed by atoms with van der Waals surface area (Å²) in [7, 11) is 0. The second-order valence-corrected chi connectivity index (χ2v) is 4.94. The topological polar surface area (TPSA) is 55.1 Å². The Kier molecular flexibility index (Phi) is 7.91. The molecule has 1 aromatic rings. The molecule has 0 atom stereocenters. The number of hydrogen-bond acceptors (Lipinski definition) is 2. The summed E-state index contributed by atoms with van der Waals surface area (Å²) in [5.41, 5.74) is 7.93. The van der Waals surface area contributed by atoms with Crippen LogP contribution in [-0.4, -0.2) is 12.5 Å². The van der Waals surface area contributed by atoms with E-state index < -0.39 is 0 Å². The van der Waals surface area contributed by atoms with Gasteiger partial charge in [0.2, 0.25) is 5.91 Å². The van der Waals surface area contributed by atoms with Gasteiger partial charge in [0.1, 0.15) is 0 Å². The van der Waals surface area contributed by atoms with Gasteiger partial charge in [-0.05, 0) is 43.4 Å². The van der Waals surface area contributed by atoms with Crippen LogP contribution < -0.4 is 11.1 Å². The fourth-order valence-electron chi connectivity index (χ4n) is 1.92. The van der Waals surface area contributed by atoms with Crippen LogP contribution in [0.25, 0.3) is 0 Å². The first kappa shape index (κ1) is 15.7. The first-order valence-electron chi connectivity index (χ1n) is 7.31. The van der Waals surface area contributed by atoms with Crippen LogP contribution in [-0.2, 0) is 17.8 Å². The molecular weight excluding hydrogens is 236 g/mol. The van der Waals surface area contributed by atoms with Crippen molar-refractivity contribution in [1.82, 2.24) is 5.32 Å². The Morgan fingerprint density at radius 2 is 1.79 bits per heavy atom. The summed E-state index contributed by atoms with van der Waals surface area (Å²) in [5, 5.41) is 2.94. The number of benzene rings is 1. The predicted octanol–water partition coefficient (Wildman–Crippen LogP) is 2.77. The van der Waals surface area contributed by atoms with Crippen LogP contribution in [0.15, 0.2) is 24.3 Å². The standard InChI is InChI=1S/C16H26N2O/c1-2-3-6-14-8-10-15(11-9-14)13-18-16(19)7-4-5-12-17/h8-11H,2-7,12-13,17H2,1H3,(H,18,19). The van der Waals surface area contributed by atoms with Crippen LogP contribution in [0, 0.1) is 0 Å². The molecule has 0 saturated carbocycles. The number of nitrogens with two attached hydrogens (primary N) is 1. The van der Waals surface area contributed by atoms with Crippen molar-refractivity contribution in [3.05, 3.63) is 35.4 Å². The van der Waals surface area contributed by atoms with Gasteiger partial charge in [0.05, 0.1) is 0 Å². The third kappa shape index (κ3) is 6.97. The average Bonchev–Trinajstić information content (AvgIpc) is 2.44. The van der Waals surface area contributed by atoms with E-state index in [0.717, 1.165) is 24.8 Å². The first-order chi connectivity index (χ1) is 9.26. The zero-order chi connectivity index (χ0) is 13.9. The predicted molar refractivity (Wildman–Crippen MR) is 79.8 cm³/mol. The second-order valence-electron chi connectivity index (χ2n) is 4.94. The minimum atomic E-state index is 0.114. The van der Waals surface area contributed by atoms with Crippen LogP contribution in [0.3, 0.4) is 0 Å². The summed E-state index contributed by atoms with van der Waals surface area (Å²) < 4.78 is 0. The summed E-state index contributed by atoms with van der Waals surface area (Å²) in [6.07, 6.45) is 5.96. The van der Waals surface area contributed by atoms with Crippen LogP contribution >= 0.6 is 0 Å². The summed E-state index contributed by atoms with van der Waals surface area (Å²) in [4.78, 5) is 11.5. The lowest BCUT2D eigenvalue weighted by Crippen LogP contribution is -2.22. The van der Waals surface area contributed by atoms with Crippen molar-refractivity contribution in [2.45, 2.75) is 52.0 Å². The van der Waals surface area contributed by atoms with Crippen molar-refractivity contribution >= 4 is 5.91 Å². The highest BCUT2D eigenvalue weighted by Gasteiger charge is 2.01. The fraction of sp³-hybridized carbons (Fsp3) is 0.562. The van der Waals surface area contributed by atoms with Gasteiger partial charge in [0.15, 0.2) is 0 Å². The smallest absolute Gasteiger partial charge is 0.220 e. The molecule has 3 N–H and O–H groups in total. The maximum absolute atomic E-state index is 11.5. The number of nitrogens with one attached hydrogen (secondary N) is 1. The third-order valence-electron chi connectivity index (χ3n) is 3.19. The lowest BCUT2D eigenvalue weighted by Gasteiger charge is -2.06. The summed E-state index contributed by atoms with van der Waals surface area (Å²) >= 11 is 0. The van der Waals surface area contributed by atoms with Gasteiger partial charge in [-0.2, -0.15) is 0 Å². The normalized spacial score (nSPS) is 10.4. The van der Waals surface area contributed by atoms with Crippen LogP contribution in [0.2, 0.25) is 0 Å². The zero-order valence-corrected chi connectivity index (χ0v) is 12.0. The third-order valence-corrected chi connectivity index (χ3v) is 3.19. The highest BCUT2D eigenvalue weighted by molar-refractivity contribution is 5.75. The van der Waals surface area contributed by atoms with E-state index >= 15 is 0 Å². The molecule has 106 valence electrons. The van der Waals surface area contributed by atoms with E-state index in [-0.39, 0.29) is 5.91 Å². The van der Waals surface area contributed by atoms with Crippen molar-refractivity contribution in [2.24, 2.45) is 5.73 Å². The van der Waals surface area contributed by atoms with Gasteiger partial charge in [-0.15, -0.1) is 0 Å². The number of amides is 1. The quantitative estimate of drug-likeness (QED) is 0.672. The van der Waals surface area contributed by atoms with Crippen molar-refractivity contribution in [1.29, 1.82) is 0 Å². The van der Waals surface area contributed by atoms with Gasteiger partial charge in [-0.25, -0.2) is 0 Å². The largest absolute Gasteiger partial charge is 0.352 e. The molecule has 3 heteroatoms. The maximum Gasteiger partial charge on any atom is 0.220 e. The second kappa shape index (κ2) is 9.56. The number of carbonyl (C=O) groups is 1. The number of unbranched alkanes of at least 4 members (excludes halogenated alkanes) is 2. The van der Waals surface area contributed by atoms with Gasteiger partial charge in [0, 0.05) is 13.0 Å². The molecule has 1 rings (SSSR count). The molecule has 0 aliphatic heterocycles. The van der Waals surface area contributed by atoms with Gasteiger partial charge < -0.3 is 11.1 Å². The molecule has 1 amide bonds. The molecule has 0 saturated heterocycles. The SMILES string of the molecule is CCCCc1ccc(CNC(=O)CCCCN)cc1. The Labute approximate surface area is 116 Å². The Morgan fingerprint density at radius 3 is 2.42 bits per heavy atom. The molecule has 0 heterocycles. The van der Waals surface area contributed by atoms with E-state index in [1.165, 1.54) is 18.4 Å². The number of hydrogen-bond donors (Lipinski definition) is 2. The lowest BCUT2D eigenvalue weighted by molar-refractivity contribution is -0.121. The average molecular weight is 262 g/mol. The molecule has 1 aromatic carbocycles. The zero-order valence-electron chi connectivity index (χ0n) is 12.0. The summed E-state index contributed by atoms with van der Waals surface area (Å²) in [6, 6.07) is 8.52. The fourth-order valence-corrected chi connectivity index (χ4v) is 1.92. The van der Waals surface area contributed by atoms with E-state index in [2.05, 4.69) is 36.5 Å². The van der Waals surface area contributed by atoms with Gasteiger partial charge in [-0.1, -0.05) is 37.6 Å². The van der Waals surface area contributed by atoms with E-state index in [9.17, 15) is 4.79 Å². The molecule has 0 aliphatic rings. The lowest BCUT2D eigenvalue weighted by atomic mass is 10.1. The highest BCUT2D eigenvalue weighted by Crippen LogP contribution is 2.08. The van der Waals surface area contributed by atoms with Gasteiger partial charge in [-0.3, -0.25) is 4.79 Å². The van der Waals surface area contributed by atoms with E-state index in [1.807, 2.05) is 0 Å². The van der Waals surface area contributed by atoms with Crippen molar-refractivity contribution in [3.8, 4) is 0 Å². The molecule has 0 aromatic heterocycles. The molecule has 0 bridgehead atoms. The Morgan fingerprint density at radius 1 is 1.11 bits per heavy atom. The molecule has 3 nitrogen and oxygen atoms in total. The summed E-state index contributed by atoms with van der Waals surface area (Å²) in [5.74, 6) is 0.114. The van der Waals surface area contributed by atoms with Crippen LogP contribution in [0.4, 0.5) is 0 Å². The monoisotopic (exact) mass is 262 g/mol. The Hall–Kier alpha value is -1.35. The van der Waals surface area contributed by atoms with Crippen LogP contribution in [0.5, 0.6) is 0 Å². The van der Waals surface area contributed by atoms with E-state index in [1.54, 1.807) is 0 Å². The Bertz CT molecular complexity index is 360. The first-order valence-corrected chi connectivity index (χ1v) is 7.31. The highest BCUT2D eigenvalue weighted by atomic mass is 16.1. The molecule has 19 heavy (non-hydrogen) atoms. The van der Waals surface area contributed by atoms with Gasteiger partial charge in [0.25, 0.3) is 0 Å². The molecule has 0 aliphatic carbocycles. The van der Waals surface area contributed by atoms with Gasteiger partial charge >= 0.3 is 0 Å². The minimum absolute atomic E-state index is 0.114. The van der Waals surface area contributed by atoms with Crippen LogP contribution in [0.1, 0.15) is 50.2 Å².